The maximum atomic E-state index is 11.9. The van der Waals surface area contributed by atoms with E-state index in [0.29, 0.717) is 17.7 Å². The van der Waals surface area contributed by atoms with Crippen molar-refractivity contribution in [2.75, 3.05) is 18.1 Å². The van der Waals surface area contributed by atoms with Crippen LogP contribution in [0.25, 0.3) is 0 Å². The molecule has 0 radical (unpaired) electrons. The molecule has 8 heteroatoms. The molecule has 0 unspecified atom stereocenters. The molecule has 1 aliphatic rings. The lowest BCUT2D eigenvalue weighted by Gasteiger charge is -2.23. The van der Waals surface area contributed by atoms with E-state index in [1.807, 2.05) is 0 Å². The molecule has 1 heterocycles. The number of amides is 2. The molecule has 1 aromatic rings. The van der Waals surface area contributed by atoms with Crippen molar-refractivity contribution in [3.8, 4) is 5.75 Å². The van der Waals surface area contributed by atoms with Crippen molar-refractivity contribution in [3.63, 3.8) is 0 Å². The first-order chi connectivity index (χ1) is 10.2. The van der Waals surface area contributed by atoms with Crippen LogP contribution in [0.2, 0.25) is 0 Å². The summed E-state index contributed by atoms with van der Waals surface area (Å²) >= 11 is 0. The van der Waals surface area contributed by atoms with Gasteiger partial charge in [0.2, 0.25) is 5.91 Å². The van der Waals surface area contributed by atoms with Crippen LogP contribution in [0, 0.1) is 0 Å². The molecule has 0 spiro atoms. The van der Waals surface area contributed by atoms with Crippen LogP contribution in [-0.4, -0.2) is 43.9 Å². The van der Waals surface area contributed by atoms with Gasteiger partial charge >= 0.3 is 0 Å². The topological polar surface area (TPSA) is 116 Å². The van der Waals surface area contributed by atoms with E-state index < -0.39 is 27.2 Å². The van der Waals surface area contributed by atoms with Gasteiger partial charge in [0.15, 0.2) is 16.4 Å². The van der Waals surface area contributed by atoms with Crippen molar-refractivity contribution in [3.05, 3.63) is 29.8 Å². The second kappa shape index (κ2) is 5.96. The molecule has 1 saturated heterocycles. The van der Waals surface area contributed by atoms with Crippen LogP contribution in [0.1, 0.15) is 23.7 Å². The third-order valence-corrected chi connectivity index (χ3v) is 5.36. The normalized spacial score (nSPS) is 23.0. The van der Waals surface area contributed by atoms with Gasteiger partial charge in [-0.25, -0.2) is 8.42 Å². The number of rotatable bonds is 5. The molecule has 1 fully saturated rings. The smallest absolute Gasteiger partial charge is 0.258 e. The first-order valence-corrected chi connectivity index (χ1v) is 8.55. The Morgan fingerprint density at radius 2 is 1.95 bits per heavy atom. The standard InChI is InChI=1S/C14H18N2O5S/c1-14(6-7-22(19,20)9-14)16-12(17)8-21-11-4-2-10(3-5-11)13(15)18/h2-5H,6-9H2,1H3,(H2,15,18)(H,16,17)/t14-/m0/s1. The molecule has 7 nitrogen and oxygen atoms in total. The highest BCUT2D eigenvalue weighted by Crippen LogP contribution is 2.22. The largest absolute Gasteiger partial charge is 0.484 e. The summed E-state index contributed by atoms with van der Waals surface area (Å²) in [5.41, 5.74) is 4.73. The molecule has 1 atom stereocenters. The van der Waals surface area contributed by atoms with Gasteiger partial charge in [-0.3, -0.25) is 9.59 Å². The molecular weight excluding hydrogens is 308 g/mol. The minimum absolute atomic E-state index is 0.0565. The number of ether oxygens (including phenoxy) is 1. The summed E-state index contributed by atoms with van der Waals surface area (Å²) in [5.74, 6) is -0.485. The second-order valence-corrected chi connectivity index (χ2v) is 7.81. The highest BCUT2D eigenvalue weighted by atomic mass is 32.2. The fraction of sp³-hybridized carbons (Fsp3) is 0.429. The van der Waals surface area contributed by atoms with E-state index in [1.54, 1.807) is 6.92 Å². The third-order valence-electron chi connectivity index (χ3n) is 3.45. The predicted molar refractivity (Wildman–Crippen MR) is 80.3 cm³/mol. The van der Waals surface area contributed by atoms with Crippen LogP contribution in [-0.2, 0) is 14.6 Å². The third kappa shape index (κ3) is 4.20. The van der Waals surface area contributed by atoms with Crippen molar-refractivity contribution in [2.24, 2.45) is 5.73 Å². The lowest BCUT2D eigenvalue weighted by atomic mass is 10.0. The predicted octanol–water partition coefficient (Wildman–Crippen LogP) is -0.142. The maximum absolute atomic E-state index is 11.9. The van der Waals surface area contributed by atoms with Crippen LogP contribution in [0.3, 0.4) is 0 Å². The zero-order chi connectivity index (χ0) is 16.4. The minimum Gasteiger partial charge on any atom is -0.484 e. The Morgan fingerprint density at radius 3 is 2.45 bits per heavy atom. The number of hydrogen-bond acceptors (Lipinski definition) is 5. The quantitative estimate of drug-likeness (QED) is 0.781. The Kier molecular flexibility index (Phi) is 4.41. The summed E-state index contributed by atoms with van der Waals surface area (Å²) in [6.07, 6.45) is 0.397. The number of nitrogens with two attached hydrogens (primary N) is 1. The van der Waals surface area contributed by atoms with E-state index in [4.69, 9.17) is 10.5 Å². The zero-order valence-electron chi connectivity index (χ0n) is 12.2. The Bertz CT molecular complexity index is 684. The summed E-state index contributed by atoms with van der Waals surface area (Å²) in [7, 11) is -3.08. The molecule has 0 saturated carbocycles. The van der Waals surface area contributed by atoms with Crippen molar-refractivity contribution in [1.82, 2.24) is 5.32 Å². The molecule has 2 rings (SSSR count). The molecule has 1 aliphatic heterocycles. The molecule has 22 heavy (non-hydrogen) atoms. The molecule has 3 N–H and O–H groups in total. The number of hydrogen-bond donors (Lipinski definition) is 2. The SMILES string of the molecule is C[C@]1(NC(=O)COc2ccc(C(N)=O)cc2)CCS(=O)(=O)C1. The molecule has 0 bridgehead atoms. The van der Waals surface area contributed by atoms with Crippen molar-refractivity contribution < 1.29 is 22.7 Å². The van der Waals surface area contributed by atoms with Crippen LogP contribution < -0.4 is 15.8 Å². The van der Waals surface area contributed by atoms with Gasteiger partial charge in [-0.05, 0) is 37.6 Å². The van der Waals surface area contributed by atoms with E-state index in [2.05, 4.69) is 5.32 Å². The van der Waals surface area contributed by atoms with Gasteiger partial charge in [-0.2, -0.15) is 0 Å². The lowest BCUT2D eigenvalue weighted by Crippen LogP contribution is -2.48. The summed E-state index contributed by atoms with van der Waals surface area (Å²) in [4.78, 5) is 22.8. The van der Waals surface area contributed by atoms with Crippen LogP contribution in [0.5, 0.6) is 5.75 Å². The van der Waals surface area contributed by atoms with Gasteiger partial charge in [0.05, 0.1) is 17.0 Å². The van der Waals surface area contributed by atoms with E-state index in [0.717, 1.165) is 0 Å². The van der Waals surface area contributed by atoms with E-state index >= 15 is 0 Å². The van der Waals surface area contributed by atoms with Gasteiger partial charge in [-0.1, -0.05) is 0 Å². The Balaban J connectivity index is 1.87. The fourth-order valence-electron chi connectivity index (χ4n) is 2.35. The van der Waals surface area contributed by atoms with Crippen LogP contribution >= 0.6 is 0 Å². The van der Waals surface area contributed by atoms with Gasteiger partial charge in [0, 0.05) is 5.56 Å². The molecule has 0 aromatic heterocycles. The number of sulfone groups is 1. The monoisotopic (exact) mass is 326 g/mol. The highest BCUT2D eigenvalue weighted by Gasteiger charge is 2.39. The highest BCUT2D eigenvalue weighted by molar-refractivity contribution is 7.91. The number of nitrogens with one attached hydrogen (secondary N) is 1. The summed E-state index contributed by atoms with van der Waals surface area (Å²) in [5, 5.41) is 2.69. The van der Waals surface area contributed by atoms with E-state index in [1.165, 1.54) is 24.3 Å². The Hall–Kier alpha value is -2.09. The number of carbonyl (C=O) groups excluding carboxylic acids is 2. The second-order valence-electron chi connectivity index (χ2n) is 5.63. The number of benzene rings is 1. The lowest BCUT2D eigenvalue weighted by molar-refractivity contribution is -0.124. The van der Waals surface area contributed by atoms with Gasteiger partial charge in [-0.15, -0.1) is 0 Å². The minimum atomic E-state index is -3.08. The molecule has 1 aromatic carbocycles. The summed E-state index contributed by atoms with van der Waals surface area (Å²) < 4.78 is 28.2. The van der Waals surface area contributed by atoms with Crippen molar-refractivity contribution >= 4 is 21.7 Å². The average Bonchev–Trinajstić information content (AvgIpc) is 2.70. The van der Waals surface area contributed by atoms with Gasteiger partial charge < -0.3 is 15.8 Å². The fourth-order valence-corrected chi connectivity index (χ4v) is 4.44. The average molecular weight is 326 g/mol. The van der Waals surface area contributed by atoms with E-state index in [9.17, 15) is 18.0 Å². The summed E-state index contributed by atoms with van der Waals surface area (Å²) in [6, 6.07) is 6.07. The maximum Gasteiger partial charge on any atom is 0.258 e. The number of carbonyl (C=O) groups is 2. The van der Waals surface area contributed by atoms with Crippen molar-refractivity contribution in [2.45, 2.75) is 18.9 Å². The first-order valence-electron chi connectivity index (χ1n) is 6.73. The number of primary amides is 1. The molecular formula is C14H18N2O5S. The van der Waals surface area contributed by atoms with Gasteiger partial charge in [0.1, 0.15) is 5.75 Å². The zero-order valence-corrected chi connectivity index (χ0v) is 13.0. The Labute approximate surface area is 128 Å². The van der Waals surface area contributed by atoms with Crippen molar-refractivity contribution in [1.29, 1.82) is 0 Å². The Morgan fingerprint density at radius 1 is 1.32 bits per heavy atom. The molecule has 2 amide bonds. The van der Waals surface area contributed by atoms with Gasteiger partial charge in [0.25, 0.3) is 5.91 Å². The molecule has 120 valence electrons. The van der Waals surface area contributed by atoms with Crippen LogP contribution in [0.15, 0.2) is 24.3 Å². The van der Waals surface area contributed by atoms with E-state index in [-0.39, 0.29) is 18.1 Å². The summed E-state index contributed by atoms with van der Waals surface area (Å²) in [6.45, 7) is 1.47. The first kappa shape index (κ1) is 16.3. The molecule has 0 aliphatic carbocycles. The van der Waals surface area contributed by atoms with Crippen LogP contribution in [0.4, 0.5) is 0 Å².